The maximum atomic E-state index is 12.6. The number of hydrogen-bond donors (Lipinski definition) is 1. The molecule has 2 aromatic heterocycles. The van der Waals surface area contributed by atoms with Crippen molar-refractivity contribution in [2.24, 2.45) is 0 Å². The van der Waals surface area contributed by atoms with E-state index in [1.165, 1.54) is 0 Å². The summed E-state index contributed by atoms with van der Waals surface area (Å²) in [6.07, 6.45) is 1.64. The van der Waals surface area contributed by atoms with Crippen LogP contribution in [0.15, 0.2) is 28.9 Å². The third-order valence-corrected chi connectivity index (χ3v) is 4.02. The van der Waals surface area contributed by atoms with Crippen molar-refractivity contribution in [2.75, 3.05) is 19.6 Å². The first kappa shape index (κ1) is 14.4. The number of rotatable bonds is 3. The van der Waals surface area contributed by atoms with Crippen molar-refractivity contribution >= 4 is 11.8 Å². The first-order valence-electron chi connectivity index (χ1n) is 7.31. The zero-order valence-corrected chi connectivity index (χ0v) is 12.8. The smallest absolute Gasteiger partial charge is 0.256 e. The van der Waals surface area contributed by atoms with Crippen LogP contribution < -0.4 is 5.32 Å². The van der Waals surface area contributed by atoms with Crippen molar-refractivity contribution in [2.45, 2.75) is 20.4 Å². The third kappa shape index (κ3) is 2.64. The quantitative estimate of drug-likeness (QED) is 0.929. The van der Waals surface area contributed by atoms with Gasteiger partial charge in [-0.3, -0.25) is 9.59 Å². The number of aromatic nitrogens is 1. The Morgan fingerprint density at radius 2 is 2.23 bits per heavy atom. The minimum atomic E-state index is -0.107. The zero-order chi connectivity index (χ0) is 15.7. The van der Waals surface area contributed by atoms with E-state index in [-0.39, 0.29) is 18.4 Å². The van der Waals surface area contributed by atoms with E-state index in [0.717, 1.165) is 17.1 Å². The van der Waals surface area contributed by atoms with Crippen LogP contribution in [0.25, 0.3) is 0 Å². The molecule has 2 aromatic rings. The molecular formula is C16H19N3O3. The molecule has 0 saturated carbocycles. The molecular weight excluding hydrogens is 282 g/mol. The zero-order valence-electron chi connectivity index (χ0n) is 12.8. The Morgan fingerprint density at radius 1 is 1.41 bits per heavy atom. The fourth-order valence-electron chi connectivity index (χ4n) is 2.80. The van der Waals surface area contributed by atoms with Gasteiger partial charge in [0.2, 0.25) is 5.91 Å². The van der Waals surface area contributed by atoms with Gasteiger partial charge in [-0.05, 0) is 32.0 Å². The lowest BCUT2D eigenvalue weighted by molar-refractivity contribution is -0.123. The minimum Gasteiger partial charge on any atom is -0.467 e. The second-order valence-corrected chi connectivity index (χ2v) is 5.53. The van der Waals surface area contributed by atoms with Crippen molar-refractivity contribution in [1.82, 2.24) is 14.8 Å². The Bertz CT molecular complexity index is 701. The summed E-state index contributed by atoms with van der Waals surface area (Å²) in [5, 5.41) is 2.73. The summed E-state index contributed by atoms with van der Waals surface area (Å²) in [6, 6.07) is 5.64. The number of hydrogen-bond acceptors (Lipinski definition) is 3. The Morgan fingerprint density at radius 3 is 2.91 bits per heavy atom. The topological polar surface area (TPSA) is 67.5 Å². The maximum Gasteiger partial charge on any atom is 0.256 e. The van der Waals surface area contributed by atoms with E-state index in [2.05, 4.69) is 9.88 Å². The number of carbonyl (C=O) groups is 2. The average molecular weight is 301 g/mol. The van der Waals surface area contributed by atoms with Gasteiger partial charge < -0.3 is 19.2 Å². The van der Waals surface area contributed by atoms with Gasteiger partial charge in [0, 0.05) is 24.5 Å². The summed E-state index contributed by atoms with van der Waals surface area (Å²) < 4.78 is 7.43. The second kappa shape index (κ2) is 5.71. The highest BCUT2D eigenvalue weighted by atomic mass is 16.3. The highest BCUT2D eigenvalue weighted by molar-refractivity contribution is 5.98. The molecule has 0 bridgehead atoms. The Balaban J connectivity index is 1.85. The van der Waals surface area contributed by atoms with E-state index in [0.29, 0.717) is 25.2 Å². The van der Waals surface area contributed by atoms with Gasteiger partial charge in [-0.2, -0.15) is 0 Å². The van der Waals surface area contributed by atoms with Crippen LogP contribution in [0.3, 0.4) is 0 Å². The Hall–Kier alpha value is -2.50. The van der Waals surface area contributed by atoms with Gasteiger partial charge >= 0.3 is 0 Å². The van der Waals surface area contributed by atoms with Gasteiger partial charge in [-0.15, -0.1) is 0 Å². The molecule has 0 spiro atoms. The minimum absolute atomic E-state index is 0.0892. The molecule has 116 valence electrons. The van der Waals surface area contributed by atoms with Gasteiger partial charge in [0.25, 0.3) is 5.91 Å². The van der Waals surface area contributed by atoms with Crippen molar-refractivity contribution in [1.29, 1.82) is 0 Å². The third-order valence-electron chi connectivity index (χ3n) is 4.02. The number of piperazine rings is 1. The summed E-state index contributed by atoms with van der Waals surface area (Å²) in [4.78, 5) is 25.7. The van der Waals surface area contributed by atoms with Crippen molar-refractivity contribution in [3.63, 3.8) is 0 Å². The molecule has 6 heteroatoms. The summed E-state index contributed by atoms with van der Waals surface area (Å²) in [5.41, 5.74) is 2.54. The van der Waals surface area contributed by atoms with Gasteiger partial charge in [-0.25, -0.2) is 0 Å². The SMILES string of the molecule is Cc1cc(C(=O)N2CCNC(=O)C2)c(C)n1Cc1ccco1. The van der Waals surface area contributed by atoms with Gasteiger partial charge in [-0.1, -0.05) is 0 Å². The van der Waals surface area contributed by atoms with Crippen molar-refractivity contribution in [3.8, 4) is 0 Å². The molecule has 1 N–H and O–H groups in total. The van der Waals surface area contributed by atoms with Crippen molar-refractivity contribution < 1.29 is 14.0 Å². The van der Waals surface area contributed by atoms with Crippen LogP contribution in [0.2, 0.25) is 0 Å². The average Bonchev–Trinajstić information content (AvgIpc) is 3.10. The molecule has 0 aromatic carbocycles. The normalized spacial score (nSPS) is 15.0. The Kier molecular flexibility index (Phi) is 3.75. The number of aryl methyl sites for hydroxylation is 1. The molecule has 1 fully saturated rings. The summed E-state index contributed by atoms with van der Waals surface area (Å²) in [5.74, 6) is 0.649. The molecule has 0 atom stereocenters. The van der Waals surface area contributed by atoms with E-state index in [1.807, 2.05) is 32.0 Å². The first-order valence-corrected chi connectivity index (χ1v) is 7.31. The van der Waals surface area contributed by atoms with Crippen LogP contribution >= 0.6 is 0 Å². The molecule has 3 heterocycles. The molecule has 0 radical (unpaired) electrons. The number of furan rings is 1. The number of nitrogens with one attached hydrogen (secondary N) is 1. The number of carbonyl (C=O) groups excluding carboxylic acids is 2. The molecule has 0 aliphatic carbocycles. The van der Waals surface area contributed by atoms with Crippen LogP contribution in [-0.2, 0) is 11.3 Å². The molecule has 22 heavy (non-hydrogen) atoms. The number of nitrogens with zero attached hydrogens (tertiary/aromatic N) is 2. The molecule has 0 unspecified atom stereocenters. The van der Waals surface area contributed by atoms with Crippen LogP contribution in [0.1, 0.15) is 27.5 Å². The molecule has 3 rings (SSSR count). The van der Waals surface area contributed by atoms with E-state index in [1.54, 1.807) is 11.2 Å². The van der Waals surface area contributed by atoms with Crippen molar-refractivity contribution in [3.05, 3.63) is 47.2 Å². The predicted octanol–water partition coefficient (Wildman–Crippen LogP) is 1.32. The van der Waals surface area contributed by atoms with E-state index < -0.39 is 0 Å². The largest absolute Gasteiger partial charge is 0.467 e. The first-order chi connectivity index (χ1) is 10.6. The van der Waals surface area contributed by atoms with Crippen LogP contribution in [0.5, 0.6) is 0 Å². The fraction of sp³-hybridized carbons (Fsp3) is 0.375. The monoisotopic (exact) mass is 301 g/mol. The number of amides is 2. The maximum absolute atomic E-state index is 12.6. The summed E-state index contributed by atoms with van der Waals surface area (Å²) in [7, 11) is 0. The molecule has 2 amide bonds. The van der Waals surface area contributed by atoms with Gasteiger partial charge in [0.05, 0.1) is 24.9 Å². The lowest BCUT2D eigenvalue weighted by Crippen LogP contribution is -2.50. The summed E-state index contributed by atoms with van der Waals surface area (Å²) >= 11 is 0. The van der Waals surface area contributed by atoms with Gasteiger partial charge in [0.1, 0.15) is 5.76 Å². The lowest BCUT2D eigenvalue weighted by Gasteiger charge is -2.26. The lowest BCUT2D eigenvalue weighted by atomic mass is 10.2. The van der Waals surface area contributed by atoms with Gasteiger partial charge in [0.15, 0.2) is 0 Å². The van der Waals surface area contributed by atoms with Crippen LogP contribution in [0, 0.1) is 13.8 Å². The molecule has 1 aliphatic rings. The van der Waals surface area contributed by atoms with E-state index in [4.69, 9.17) is 4.42 Å². The molecule has 1 saturated heterocycles. The van der Waals surface area contributed by atoms with Crippen LogP contribution in [-0.4, -0.2) is 40.9 Å². The standard InChI is InChI=1S/C16H19N3O3/c1-11-8-14(16(21)18-6-5-17-15(20)10-18)12(2)19(11)9-13-4-3-7-22-13/h3-4,7-8H,5-6,9-10H2,1-2H3,(H,17,20). The predicted molar refractivity (Wildman–Crippen MR) is 80.6 cm³/mol. The highest BCUT2D eigenvalue weighted by Crippen LogP contribution is 2.19. The second-order valence-electron chi connectivity index (χ2n) is 5.53. The summed E-state index contributed by atoms with van der Waals surface area (Å²) in [6.45, 7) is 5.67. The highest BCUT2D eigenvalue weighted by Gasteiger charge is 2.25. The Labute approximate surface area is 128 Å². The molecule has 1 aliphatic heterocycles. The van der Waals surface area contributed by atoms with Crippen LogP contribution in [0.4, 0.5) is 0 Å². The van der Waals surface area contributed by atoms with E-state index >= 15 is 0 Å². The van der Waals surface area contributed by atoms with E-state index in [9.17, 15) is 9.59 Å². The molecule has 6 nitrogen and oxygen atoms in total. The fourth-order valence-corrected chi connectivity index (χ4v) is 2.80.